The molecule has 0 N–H and O–H groups in total. The van der Waals surface area contributed by atoms with Gasteiger partial charge in [-0.25, -0.2) is 4.98 Å². The first kappa shape index (κ1) is 14.9. The van der Waals surface area contributed by atoms with Crippen molar-refractivity contribution in [3.8, 4) is 11.3 Å². The van der Waals surface area contributed by atoms with Gasteiger partial charge in [0.15, 0.2) is 0 Å². The molecule has 3 aromatic rings. The average Bonchev–Trinajstić information content (AvgIpc) is 3.03. The Morgan fingerprint density at radius 1 is 1.09 bits per heavy atom. The molecule has 3 heteroatoms. The van der Waals surface area contributed by atoms with Crippen LogP contribution >= 0.6 is 0 Å². The first-order chi connectivity index (χ1) is 10.5. The maximum atomic E-state index is 4.58. The standard InChI is InChI=1S/C19H25N3/c1-13(2)9-22-11-18(20-12-22)15-6-7-19-16(8-15)17(14(3)4)10-21(19)5/h6-8,10-14H,9H2,1-5H3. The van der Waals surface area contributed by atoms with Crippen LogP contribution in [0.15, 0.2) is 36.9 Å². The minimum Gasteiger partial charge on any atom is -0.350 e. The zero-order valence-electron chi connectivity index (χ0n) is 14.2. The first-order valence-corrected chi connectivity index (χ1v) is 8.07. The topological polar surface area (TPSA) is 22.8 Å². The van der Waals surface area contributed by atoms with Crippen LogP contribution in [-0.2, 0) is 13.6 Å². The average molecular weight is 295 g/mol. The summed E-state index contributed by atoms with van der Waals surface area (Å²) >= 11 is 0. The predicted octanol–water partition coefficient (Wildman–Crippen LogP) is 4.82. The zero-order valence-corrected chi connectivity index (χ0v) is 14.2. The van der Waals surface area contributed by atoms with Gasteiger partial charge in [-0.15, -0.1) is 0 Å². The predicted molar refractivity (Wildman–Crippen MR) is 93.1 cm³/mol. The van der Waals surface area contributed by atoms with E-state index in [1.807, 2.05) is 6.33 Å². The number of nitrogens with zero attached hydrogens (tertiary/aromatic N) is 3. The van der Waals surface area contributed by atoms with E-state index in [1.54, 1.807) is 0 Å². The number of aromatic nitrogens is 3. The SMILES string of the molecule is CC(C)Cn1cnc(-c2ccc3c(c2)c(C(C)C)cn3C)c1. The summed E-state index contributed by atoms with van der Waals surface area (Å²) in [5.74, 6) is 1.16. The normalized spacial score (nSPS) is 12.0. The third kappa shape index (κ3) is 2.68. The lowest BCUT2D eigenvalue weighted by molar-refractivity contribution is 0.523. The molecule has 2 aromatic heterocycles. The van der Waals surface area contributed by atoms with Crippen molar-refractivity contribution < 1.29 is 0 Å². The first-order valence-electron chi connectivity index (χ1n) is 8.07. The molecule has 3 rings (SSSR count). The second-order valence-corrected chi connectivity index (χ2v) is 6.93. The molecule has 0 saturated carbocycles. The van der Waals surface area contributed by atoms with Crippen LogP contribution in [0.4, 0.5) is 0 Å². The van der Waals surface area contributed by atoms with Gasteiger partial charge in [-0.3, -0.25) is 0 Å². The highest BCUT2D eigenvalue weighted by molar-refractivity contribution is 5.88. The molecule has 1 aromatic carbocycles. The van der Waals surface area contributed by atoms with Crippen molar-refractivity contribution in [2.75, 3.05) is 0 Å². The van der Waals surface area contributed by atoms with E-state index in [0.717, 1.165) is 12.2 Å². The van der Waals surface area contributed by atoms with Gasteiger partial charge in [0.1, 0.15) is 0 Å². The highest BCUT2D eigenvalue weighted by atomic mass is 15.0. The Morgan fingerprint density at radius 3 is 2.55 bits per heavy atom. The third-order valence-corrected chi connectivity index (χ3v) is 4.15. The number of imidazole rings is 1. The van der Waals surface area contributed by atoms with Crippen molar-refractivity contribution in [1.29, 1.82) is 0 Å². The Kier molecular flexibility index (Phi) is 3.81. The Morgan fingerprint density at radius 2 is 1.86 bits per heavy atom. The second kappa shape index (κ2) is 5.64. The molecule has 0 atom stereocenters. The van der Waals surface area contributed by atoms with Crippen LogP contribution in [0.3, 0.4) is 0 Å². The van der Waals surface area contributed by atoms with Gasteiger partial charge in [0.2, 0.25) is 0 Å². The molecule has 0 spiro atoms. The monoisotopic (exact) mass is 295 g/mol. The summed E-state index contributed by atoms with van der Waals surface area (Å²) in [7, 11) is 2.12. The summed E-state index contributed by atoms with van der Waals surface area (Å²) in [6.07, 6.45) is 6.34. The van der Waals surface area contributed by atoms with Crippen LogP contribution in [0.2, 0.25) is 0 Å². The van der Waals surface area contributed by atoms with Gasteiger partial charge in [-0.1, -0.05) is 33.8 Å². The molecule has 2 heterocycles. The van der Waals surface area contributed by atoms with E-state index in [4.69, 9.17) is 0 Å². The molecule has 0 aliphatic heterocycles. The number of fused-ring (bicyclic) bond motifs is 1. The number of aryl methyl sites for hydroxylation is 1. The van der Waals surface area contributed by atoms with Crippen molar-refractivity contribution in [3.63, 3.8) is 0 Å². The van der Waals surface area contributed by atoms with Gasteiger partial charge in [0, 0.05) is 42.5 Å². The Labute approximate surface area is 132 Å². The lowest BCUT2D eigenvalue weighted by Crippen LogP contribution is -2.00. The van der Waals surface area contributed by atoms with Crippen molar-refractivity contribution in [1.82, 2.24) is 14.1 Å². The summed E-state index contributed by atoms with van der Waals surface area (Å²) in [6, 6.07) is 6.67. The molecule has 0 aliphatic rings. The van der Waals surface area contributed by atoms with Gasteiger partial charge >= 0.3 is 0 Å². The van der Waals surface area contributed by atoms with E-state index in [-0.39, 0.29) is 0 Å². The molecule has 0 unspecified atom stereocenters. The molecule has 0 amide bonds. The fourth-order valence-electron chi connectivity index (χ4n) is 3.07. The highest BCUT2D eigenvalue weighted by Crippen LogP contribution is 2.30. The maximum Gasteiger partial charge on any atom is 0.0953 e. The summed E-state index contributed by atoms with van der Waals surface area (Å²) < 4.78 is 4.39. The lowest BCUT2D eigenvalue weighted by atomic mass is 10.0. The van der Waals surface area contributed by atoms with Gasteiger partial charge in [-0.2, -0.15) is 0 Å². The van der Waals surface area contributed by atoms with Crippen LogP contribution < -0.4 is 0 Å². The van der Waals surface area contributed by atoms with Gasteiger partial charge in [0.25, 0.3) is 0 Å². The third-order valence-electron chi connectivity index (χ3n) is 4.15. The lowest BCUT2D eigenvalue weighted by Gasteiger charge is -2.05. The van der Waals surface area contributed by atoms with Crippen LogP contribution in [0, 0.1) is 5.92 Å². The van der Waals surface area contributed by atoms with Crippen molar-refractivity contribution in [2.24, 2.45) is 13.0 Å². The van der Waals surface area contributed by atoms with Crippen LogP contribution in [0.5, 0.6) is 0 Å². The van der Waals surface area contributed by atoms with Crippen molar-refractivity contribution in [2.45, 2.75) is 40.2 Å². The van der Waals surface area contributed by atoms with Crippen LogP contribution in [0.1, 0.15) is 39.2 Å². The van der Waals surface area contributed by atoms with Crippen molar-refractivity contribution >= 4 is 10.9 Å². The fourth-order valence-corrected chi connectivity index (χ4v) is 3.07. The van der Waals surface area contributed by atoms with Crippen LogP contribution in [0.25, 0.3) is 22.2 Å². The minimum atomic E-state index is 0.525. The zero-order chi connectivity index (χ0) is 15.9. The Balaban J connectivity index is 2.04. The molecular weight excluding hydrogens is 270 g/mol. The molecule has 0 radical (unpaired) electrons. The number of hydrogen-bond acceptors (Lipinski definition) is 1. The molecule has 0 fully saturated rings. The Hall–Kier alpha value is -2.03. The Bertz CT molecular complexity index is 790. The van der Waals surface area contributed by atoms with Gasteiger partial charge in [0.05, 0.1) is 12.0 Å². The van der Waals surface area contributed by atoms with E-state index < -0.39 is 0 Å². The van der Waals surface area contributed by atoms with E-state index in [0.29, 0.717) is 11.8 Å². The number of benzene rings is 1. The maximum absolute atomic E-state index is 4.58. The molecular formula is C19H25N3. The number of hydrogen-bond donors (Lipinski definition) is 0. The molecule has 3 nitrogen and oxygen atoms in total. The highest BCUT2D eigenvalue weighted by Gasteiger charge is 2.12. The molecule has 0 bridgehead atoms. The van der Waals surface area contributed by atoms with Crippen LogP contribution in [-0.4, -0.2) is 14.1 Å². The quantitative estimate of drug-likeness (QED) is 0.676. The van der Waals surface area contributed by atoms with E-state index in [1.165, 1.54) is 22.0 Å². The van der Waals surface area contributed by atoms with Crippen molar-refractivity contribution in [3.05, 3.63) is 42.5 Å². The van der Waals surface area contributed by atoms with Gasteiger partial charge < -0.3 is 9.13 Å². The molecule has 116 valence electrons. The van der Waals surface area contributed by atoms with Gasteiger partial charge in [-0.05, 0) is 29.5 Å². The minimum absolute atomic E-state index is 0.525. The second-order valence-electron chi connectivity index (χ2n) is 6.93. The smallest absolute Gasteiger partial charge is 0.0953 e. The van der Waals surface area contributed by atoms with E-state index >= 15 is 0 Å². The number of rotatable bonds is 4. The molecule has 0 saturated heterocycles. The van der Waals surface area contributed by atoms with E-state index in [9.17, 15) is 0 Å². The van der Waals surface area contributed by atoms with E-state index in [2.05, 4.69) is 79.5 Å². The molecule has 0 aliphatic carbocycles. The molecule has 22 heavy (non-hydrogen) atoms. The fraction of sp³-hybridized carbons (Fsp3) is 0.421. The summed E-state index contributed by atoms with van der Waals surface area (Å²) in [6.45, 7) is 9.96. The summed E-state index contributed by atoms with van der Waals surface area (Å²) in [5.41, 5.74) is 4.94. The summed E-state index contributed by atoms with van der Waals surface area (Å²) in [4.78, 5) is 4.58. The largest absolute Gasteiger partial charge is 0.350 e. The summed E-state index contributed by atoms with van der Waals surface area (Å²) in [5, 5.41) is 1.34.